The summed E-state index contributed by atoms with van der Waals surface area (Å²) in [6.07, 6.45) is 3.58. The van der Waals surface area contributed by atoms with Crippen molar-refractivity contribution in [2.45, 2.75) is 31.8 Å². The van der Waals surface area contributed by atoms with E-state index in [-0.39, 0.29) is 0 Å². The van der Waals surface area contributed by atoms with E-state index in [9.17, 15) is 0 Å². The molecule has 1 aliphatic rings. The molecule has 0 amide bonds. The Kier molecular flexibility index (Phi) is 3.21. The fourth-order valence-corrected chi connectivity index (χ4v) is 2.91. The van der Waals surface area contributed by atoms with Crippen LogP contribution in [-0.2, 0) is 0 Å². The maximum atomic E-state index is 6.10. The van der Waals surface area contributed by atoms with E-state index in [2.05, 4.69) is 33.8 Å². The van der Waals surface area contributed by atoms with Crippen LogP contribution in [0, 0.1) is 0 Å². The van der Waals surface area contributed by atoms with Gasteiger partial charge in [0.05, 0.1) is 7.11 Å². The van der Waals surface area contributed by atoms with Crippen molar-refractivity contribution in [3.8, 4) is 5.88 Å². The first kappa shape index (κ1) is 13.1. The molecule has 0 radical (unpaired) electrons. The highest BCUT2D eigenvalue weighted by Gasteiger charge is 2.27. The summed E-state index contributed by atoms with van der Waals surface area (Å²) in [5, 5.41) is 0. The Balaban J connectivity index is 2.05. The number of hydrogen-bond acceptors (Lipinski definition) is 6. The van der Waals surface area contributed by atoms with Crippen molar-refractivity contribution in [1.29, 1.82) is 0 Å². The highest BCUT2D eigenvalue weighted by atomic mass is 16.5. The molecule has 108 valence electrons. The molecule has 0 spiro atoms. The molecule has 0 aliphatic carbocycles. The van der Waals surface area contributed by atoms with Gasteiger partial charge in [0, 0.05) is 18.6 Å². The molecule has 2 aromatic heterocycles. The molecule has 0 saturated carbocycles. The lowest BCUT2D eigenvalue weighted by Crippen LogP contribution is -2.38. The summed E-state index contributed by atoms with van der Waals surface area (Å²) >= 11 is 0. The summed E-state index contributed by atoms with van der Waals surface area (Å²) in [6.45, 7) is 3.28. The number of ether oxygens (including phenoxy) is 1. The fraction of sp³-hybridized carbons (Fsp3) is 0.615. The first-order chi connectivity index (χ1) is 9.61. The van der Waals surface area contributed by atoms with E-state index in [1.165, 1.54) is 6.33 Å². The van der Waals surface area contributed by atoms with E-state index in [4.69, 9.17) is 10.5 Å². The van der Waals surface area contributed by atoms with Crippen molar-refractivity contribution >= 4 is 17.1 Å². The summed E-state index contributed by atoms with van der Waals surface area (Å²) in [4.78, 5) is 15.2. The molecule has 1 fully saturated rings. The van der Waals surface area contributed by atoms with Gasteiger partial charge in [-0.05, 0) is 26.8 Å². The maximum absolute atomic E-state index is 6.10. The van der Waals surface area contributed by atoms with Crippen LogP contribution in [0.15, 0.2) is 6.33 Å². The average molecular weight is 276 g/mol. The predicted octanol–water partition coefficient (Wildman–Crippen LogP) is 1.07. The molecular formula is C13H20N6O. The quantitative estimate of drug-likeness (QED) is 0.883. The smallest absolute Gasteiger partial charge is 0.245 e. The van der Waals surface area contributed by atoms with E-state index in [0.29, 0.717) is 29.4 Å². The lowest BCUT2D eigenvalue weighted by atomic mass is 9.99. The molecule has 1 aliphatic heterocycles. The third-order valence-electron chi connectivity index (χ3n) is 4.21. The van der Waals surface area contributed by atoms with Crippen LogP contribution in [0.4, 0.5) is 5.95 Å². The number of nitrogens with zero attached hydrogens (tertiary/aromatic N) is 5. The number of nitrogens with two attached hydrogens (primary N) is 1. The number of anilines is 1. The number of hydrogen-bond donors (Lipinski definition) is 1. The monoisotopic (exact) mass is 276 g/mol. The summed E-state index contributed by atoms with van der Waals surface area (Å²) in [5.74, 6) is 0.960. The van der Waals surface area contributed by atoms with E-state index in [0.717, 1.165) is 25.0 Å². The molecule has 0 aromatic carbocycles. The number of rotatable bonds is 2. The third kappa shape index (κ3) is 1.98. The van der Waals surface area contributed by atoms with Crippen LogP contribution in [0.5, 0.6) is 5.88 Å². The molecule has 7 nitrogen and oxygen atoms in total. The maximum Gasteiger partial charge on any atom is 0.245 e. The van der Waals surface area contributed by atoms with E-state index < -0.39 is 0 Å². The van der Waals surface area contributed by atoms with Crippen LogP contribution in [0.25, 0.3) is 11.2 Å². The molecule has 0 bridgehead atoms. The standard InChI is InChI=1S/C13H20N6O/c1-8-6-9(4-5-18(8)2)19-11-10(17-13(19)14)12(20-3)16-7-15-11/h7-9H,4-6H2,1-3H3,(H2,14,17). The number of fused-ring (bicyclic) bond motifs is 1. The molecular weight excluding hydrogens is 256 g/mol. The zero-order valence-corrected chi connectivity index (χ0v) is 12.1. The SMILES string of the molecule is COc1ncnc2c1nc(N)n2C1CCN(C)C(C)C1. The van der Waals surface area contributed by atoms with Crippen molar-refractivity contribution in [2.24, 2.45) is 0 Å². The predicted molar refractivity (Wildman–Crippen MR) is 76.7 cm³/mol. The van der Waals surface area contributed by atoms with Gasteiger partial charge in [-0.15, -0.1) is 0 Å². The molecule has 2 N–H and O–H groups in total. The topological polar surface area (TPSA) is 82.1 Å². The average Bonchev–Trinajstić information content (AvgIpc) is 2.78. The van der Waals surface area contributed by atoms with Crippen LogP contribution in [0.2, 0.25) is 0 Å². The van der Waals surface area contributed by atoms with Crippen LogP contribution < -0.4 is 10.5 Å². The van der Waals surface area contributed by atoms with Gasteiger partial charge in [-0.3, -0.25) is 4.57 Å². The highest BCUT2D eigenvalue weighted by molar-refractivity contribution is 5.79. The van der Waals surface area contributed by atoms with Crippen LogP contribution in [0.1, 0.15) is 25.8 Å². The first-order valence-corrected chi connectivity index (χ1v) is 6.84. The summed E-state index contributed by atoms with van der Waals surface area (Å²) in [5.41, 5.74) is 7.50. The Morgan fingerprint density at radius 2 is 2.20 bits per heavy atom. The van der Waals surface area contributed by atoms with Gasteiger partial charge in [-0.2, -0.15) is 4.98 Å². The molecule has 2 atom stereocenters. The summed E-state index contributed by atoms with van der Waals surface area (Å²) in [7, 11) is 3.73. The van der Waals surface area contributed by atoms with Gasteiger partial charge in [-0.25, -0.2) is 9.97 Å². The molecule has 2 unspecified atom stereocenters. The highest BCUT2D eigenvalue weighted by Crippen LogP contribution is 2.32. The van der Waals surface area contributed by atoms with E-state index >= 15 is 0 Å². The normalized spacial score (nSPS) is 24.1. The second-order valence-electron chi connectivity index (χ2n) is 5.40. The zero-order chi connectivity index (χ0) is 14.3. The number of methoxy groups -OCH3 is 1. The van der Waals surface area contributed by atoms with Crippen molar-refractivity contribution in [3.05, 3.63) is 6.33 Å². The molecule has 2 aromatic rings. The molecule has 3 heterocycles. The molecule has 3 rings (SSSR count). The minimum absolute atomic E-state index is 0.325. The molecule has 20 heavy (non-hydrogen) atoms. The largest absolute Gasteiger partial charge is 0.479 e. The fourth-order valence-electron chi connectivity index (χ4n) is 2.91. The minimum atomic E-state index is 0.325. The van der Waals surface area contributed by atoms with E-state index in [1.54, 1.807) is 7.11 Å². The first-order valence-electron chi connectivity index (χ1n) is 6.84. The van der Waals surface area contributed by atoms with Gasteiger partial charge >= 0.3 is 0 Å². The third-order valence-corrected chi connectivity index (χ3v) is 4.21. The molecule has 7 heteroatoms. The van der Waals surface area contributed by atoms with Crippen molar-refractivity contribution < 1.29 is 4.74 Å². The van der Waals surface area contributed by atoms with Crippen LogP contribution in [0.3, 0.4) is 0 Å². The lowest BCUT2D eigenvalue weighted by molar-refractivity contribution is 0.159. The van der Waals surface area contributed by atoms with Crippen LogP contribution in [-0.4, -0.2) is 51.2 Å². The van der Waals surface area contributed by atoms with Gasteiger partial charge in [0.25, 0.3) is 0 Å². The van der Waals surface area contributed by atoms with Gasteiger partial charge < -0.3 is 15.4 Å². The second-order valence-corrected chi connectivity index (χ2v) is 5.40. The number of imidazole rings is 1. The molecule has 1 saturated heterocycles. The number of likely N-dealkylation sites (tertiary alicyclic amines) is 1. The van der Waals surface area contributed by atoms with Crippen LogP contribution >= 0.6 is 0 Å². The zero-order valence-electron chi connectivity index (χ0n) is 12.1. The number of nitrogen functional groups attached to an aromatic ring is 1. The van der Waals surface area contributed by atoms with Gasteiger partial charge in [0.2, 0.25) is 11.8 Å². The Morgan fingerprint density at radius 3 is 2.90 bits per heavy atom. The van der Waals surface area contributed by atoms with Gasteiger partial charge in [0.15, 0.2) is 11.2 Å². The van der Waals surface area contributed by atoms with Crippen molar-refractivity contribution in [2.75, 3.05) is 26.4 Å². The lowest BCUT2D eigenvalue weighted by Gasteiger charge is -2.35. The Hall–Kier alpha value is -1.89. The van der Waals surface area contributed by atoms with E-state index in [1.807, 2.05) is 4.57 Å². The minimum Gasteiger partial charge on any atom is -0.479 e. The Bertz CT molecular complexity index is 625. The number of piperidine rings is 1. The van der Waals surface area contributed by atoms with Gasteiger partial charge in [0.1, 0.15) is 6.33 Å². The number of aromatic nitrogens is 4. The summed E-state index contributed by atoms with van der Waals surface area (Å²) in [6, 6.07) is 0.847. The second kappa shape index (κ2) is 4.90. The summed E-state index contributed by atoms with van der Waals surface area (Å²) < 4.78 is 7.26. The Morgan fingerprint density at radius 1 is 1.40 bits per heavy atom. The Labute approximate surface area is 117 Å². The van der Waals surface area contributed by atoms with Crippen molar-refractivity contribution in [1.82, 2.24) is 24.4 Å². The van der Waals surface area contributed by atoms with Crippen molar-refractivity contribution in [3.63, 3.8) is 0 Å². The van der Waals surface area contributed by atoms with Gasteiger partial charge in [-0.1, -0.05) is 0 Å².